The minimum atomic E-state index is 0.443. The first-order chi connectivity index (χ1) is 7.31. The van der Waals surface area contributed by atoms with Crippen molar-refractivity contribution in [3.05, 3.63) is 0 Å². The van der Waals surface area contributed by atoms with Crippen LogP contribution in [0.3, 0.4) is 0 Å². The Labute approximate surface area is 94.2 Å². The van der Waals surface area contributed by atoms with Crippen molar-refractivity contribution in [2.45, 2.75) is 64.0 Å². The first kappa shape index (κ1) is 11.4. The lowest BCUT2D eigenvalue weighted by Crippen LogP contribution is -2.50. The lowest BCUT2D eigenvalue weighted by Gasteiger charge is -2.43. The van der Waals surface area contributed by atoms with Crippen LogP contribution >= 0.6 is 0 Å². The molecule has 1 aliphatic carbocycles. The van der Waals surface area contributed by atoms with Crippen molar-refractivity contribution in [3.8, 4) is 0 Å². The van der Waals surface area contributed by atoms with E-state index < -0.39 is 0 Å². The molecule has 88 valence electrons. The molecule has 0 spiro atoms. The summed E-state index contributed by atoms with van der Waals surface area (Å²) in [6.45, 7) is 4.81. The Bertz CT molecular complexity index is 193. The van der Waals surface area contributed by atoms with Crippen molar-refractivity contribution >= 4 is 0 Å². The van der Waals surface area contributed by atoms with Crippen LogP contribution in [-0.4, -0.2) is 30.1 Å². The van der Waals surface area contributed by atoms with E-state index in [4.69, 9.17) is 5.73 Å². The molecule has 0 aromatic carbocycles. The van der Waals surface area contributed by atoms with Crippen LogP contribution in [0.5, 0.6) is 0 Å². The zero-order chi connectivity index (χ0) is 10.7. The molecule has 2 fully saturated rings. The highest BCUT2D eigenvalue weighted by atomic mass is 15.2. The summed E-state index contributed by atoms with van der Waals surface area (Å²) >= 11 is 0. The average Bonchev–Trinajstić information content (AvgIpc) is 2.29. The average molecular weight is 210 g/mol. The summed E-state index contributed by atoms with van der Waals surface area (Å²) in [6.07, 6.45) is 9.67. The predicted octanol–water partition coefficient (Wildman–Crippen LogP) is 2.38. The Hall–Kier alpha value is -0.0800. The fourth-order valence-corrected chi connectivity index (χ4v) is 3.49. The Morgan fingerprint density at radius 2 is 1.93 bits per heavy atom. The largest absolute Gasteiger partial charge is 0.327 e. The van der Waals surface area contributed by atoms with Crippen molar-refractivity contribution in [1.29, 1.82) is 0 Å². The van der Waals surface area contributed by atoms with Gasteiger partial charge in [0.1, 0.15) is 0 Å². The van der Waals surface area contributed by atoms with E-state index in [1.807, 2.05) is 0 Å². The first-order valence-electron chi connectivity index (χ1n) is 6.81. The number of nitrogens with zero attached hydrogens (tertiary/aromatic N) is 1. The zero-order valence-electron chi connectivity index (χ0n) is 10.1. The molecule has 0 bridgehead atoms. The second-order valence-electron chi connectivity index (χ2n) is 5.42. The number of rotatable bonds is 2. The molecule has 3 unspecified atom stereocenters. The van der Waals surface area contributed by atoms with E-state index in [1.54, 1.807) is 0 Å². The summed E-state index contributed by atoms with van der Waals surface area (Å²) in [5.74, 6) is 0.948. The minimum Gasteiger partial charge on any atom is -0.327 e. The quantitative estimate of drug-likeness (QED) is 0.758. The number of likely N-dealkylation sites (tertiary alicyclic amines) is 1. The van der Waals surface area contributed by atoms with E-state index in [-0.39, 0.29) is 0 Å². The van der Waals surface area contributed by atoms with Gasteiger partial charge in [0.15, 0.2) is 0 Å². The fraction of sp³-hybridized carbons (Fsp3) is 1.00. The van der Waals surface area contributed by atoms with Crippen LogP contribution in [0.2, 0.25) is 0 Å². The highest BCUT2D eigenvalue weighted by molar-refractivity contribution is 4.86. The van der Waals surface area contributed by atoms with Crippen LogP contribution in [0, 0.1) is 5.92 Å². The monoisotopic (exact) mass is 210 g/mol. The van der Waals surface area contributed by atoms with Crippen molar-refractivity contribution in [2.24, 2.45) is 11.7 Å². The normalized spacial score (nSPS) is 39.2. The van der Waals surface area contributed by atoms with E-state index in [0.717, 1.165) is 18.5 Å². The second kappa shape index (κ2) is 5.31. The first-order valence-corrected chi connectivity index (χ1v) is 6.81. The van der Waals surface area contributed by atoms with Crippen LogP contribution in [0.1, 0.15) is 51.9 Å². The second-order valence-corrected chi connectivity index (χ2v) is 5.42. The molecule has 3 atom stereocenters. The van der Waals surface area contributed by atoms with Gasteiger partial charge in [-0.05, 0) is 38.1 Å². The van der Waals surface area contributed by atoms with Crippen LogP contribution in [-0.2, 0) is 0 Å². The van der Waals surface area contributed by atoms with E-state index in [9.17, 15) is 0 Å². The van der Waals surface area contributed by atoms with Gasteiger partial charge in [0, 0.05) is 18.6 Å². The molecular formula is C13H26N2. The zero-order valence-corrected chi connectivity index (χ0v) is 10.1. The fourth-order valence-electron chi connectivity index (χ4n) is 3.49. The molecule has 0 radical (unpaired) electrons. The van der Waals surface area contributed by atoms with Gasteiger partial charge in [0.25, 0.3) is 0 Å². The summed E-state index contributed by atoms with van der Waals surface area (Å²) in [4.78, 5) is 2.70. The molecule has 1 aliphatic heterocycles. The van der Waals surface area contributed by atoms with Gasteiger partial charge in [0.2, 0.25) is 0 Å². The highest BCUT2D eigenvalue weighted by Gasteiger charge is 2.31. The van der Waals surface area contributed by atoms with Crippen molar-refractivity contribution < 1.29 is 0 Å². The van der Waals surface area contributed by atoms with E-state index in [0.29, 0.717) is 6.04 Å². The molecule has 0 aromatic rings. The topological polar surface area (TPSA) is 29.3 Å². The number of hydrogen-bond donors (Lipinski definition) is 1. The SMILES string of the molecule is CCC1CCCCC1N1CCCC(N)C1. The lowest BCUT2D eigenvalue weighted by atomic mass is 9.81. The Balaban J connectivity index is 1.94. The summed E-state index contributed by atoms with van der Waals surface area (Å²) in [5.41, 5.74) is 6.08. The van der Waals surface area contributed by atoms with E-state index in [2.05, 4.69) is 11.8 Å². The Morgan fingerprint density at radius 3 is 2.67 bits per heavy atom. The molecule has 15 heavy (non-hydrogen) atoms. The van der Waals surface area contributed by atoms with Crippen LogP contribution in [0.25, 0.3) is 0 Å². The summed E-state index contributed by atoms with van der Waals surface area (Å²) in [6, 6.07) is 1.30. The van der Waals surface area contributed by atoms with Gasteiger partial charge in [-0.15, -0.1) is 0 Å². The standard InChI is InChI=1S/C13H26N2/c1-2-11-6-3-4-8-13(11)15-9-5-7-12(14)10-15/h11-13H,2-10,14H2,1H3. The predicted molar refractivity (Wildman–Crippen MR) is 64.8 cm³/mol. The molecule has 2 rings (SSSR count). The van der Waals surface area contributed by atoms with Gasteiger partial charge in [0.05, 0.1) is 0 Å². The van der Waals surface area contributed by atoms with Crippen molar-refractivity contribution in [3.63, 3.8) is 0 Å². The third kappa shape index (κ3) is 2.73. The Kier molecular flexibility index (Phi) is 4.04. The molecule has 2 heteroatoms. The van der Waals surface area contributed by atoms with Gasteiger partial charge < -0.3 is 5.73 Å². The number of hydrogen-bond acceptors (Lipinski definition) is 2. The van der Waals surface area contributed by atoms with Gasteiger partial charge in [-0.3, -0.25) is 4.90 Å². The lowest BCUT2D eigenvalue weighted by molar-refractivity contribution is 0.0754. The number of nitrogens with two attached hydrogens (primary N) is 1. The maximum Gasteiger partial charge on any atom is 0.0168 e. The summed E-state index contributed by atoms with van der Waals surface area (Å²) in [5, 5.41) is 0. The molecule has 0 aromatic heterocycles. The maximum absolute atomic E-state index is 6.08. The third-order valence-electron chi connectivity index (χ3n) is 4.35. The molecule has 2 N–H and O–H groups in total. The highest BCUT2D eigenvalue weighted by Crippen LogP contribution is 2.31. The smallest absolute Gasteiger partial charge is 0.0168 e. The van der Waals surface area contributed by atoms with Crippen LogP contribution < -0.4 is 5.73 Å². The molecule has 1 saturated carbocycles. The molecular weight excluding hydrogens is 184 g/mol. The maximum atomic E-state index is 6.08. The van der Waals surface area contributed by atoms with Crippen LogP contribution in [0.4, 0.5) is 0 Å². The Morgan fingerprint density at radius 1 is 1.13 bits per heavy atom. The van der Waals surface area contributed by atoms with Gasteiger partial charge in [-0.2, -0.15) is 0 Å². The third-order valence-corrected chi connectivity index (χ3v) is 4.35. The molecule has 1 saturated heterocycles. The molecule has 0 amide bonds. The molecule has 1 heterocycles. The van der Waals surface area contributed by atoms with Gasteiger partial charge >= 0.3 is 0 Å². The van der Waals surface area contributed by atoms with Gasteiger partial charge in [-0.1, -0.05) is 26.2 Å². The van der Waals surface area contributed by atoms with E-state index >= 15 is 0 Å². The summed E-state index contributed by atoms with van der Waals surface area (Å²) in [7, 11) is 0. The van der Waals surface area contributed by atoms with Crippen molar-refractivity contribution in [2.75, 3.05) is 13.1 Å². The van der Waals surface area contributed by atoms with E-state index in [1.165, 1.54) is 51.5 Å². The minimum absolute atomic E-state index is 0.443. The molecule has 2 nitrogen and oxygen atoms in total. The van der Waals surface area contributed by atoms with Crippen LogP contribution in [0.15, 0.2) is 0 Å². The number of piperidine rings is 1. The summed E-state index contributed by atoms with van der Waals surface area (Å²) < 4.78 is 0. The molecule has 2 aliphatic rings. The van der Waals surface area contributed by atoms with Gasteiger partial charge in [-0.25, -0.2) is 0 Å². The van der Waals surface area contributed by atoms with Crippen molar-refractivity contribution in [1.82, 2.24) is 4.90 Å².